The second-order valence-corrected chi connectivity index (χ2v) is 10.1. The average Bonchev–Trinajstić information content (AvgIpc) is 3.32. The first-order chi connectivity index (χ1) is 15.6. The van der Waals surface area contributed by atoms with E-state index in [1.165, 1.54) is 17.7 Å². The Kier molecular flexibility index (Phi) is 7.51. The number of rotatable bonds is 6. The molecule has 3 aromatic rings. The van der Waals surface area contributed by atoms with Crippen molar-refractivity contribution in [2.45, 2.75) is 32.0 Å². The zero-order chi connectivity index (χ0) is 22.0. The van der Waals surface area contributed by atoms with Gasteiger partial charge in [-0.15, -0.1) is 11.3 Å². The summed E-state index contributed by atoms with van der Waals surface area (Å²) >= 11 is 1.58. The molecule has 4 nitrogen and oxygen atoms in total. The number of thiophene rings is 1. The van der Waals surface area contributed by atoms with E-state index in [0.717, 1.165) is 48.4 Å². The third kappa shape index (κ3) is 5.48. The number of carbonyl (C=O) groups excluding carboxylic acids is 1. The highest BCUT2D eigenvalue weighted by molar-refractivity contribution is 7.09. The number of amides is 1. The molecular weight excluding hydrogens is 503 g/mol. The molecule has 3 fully saturated rings. The van der Waals surface area contributed by atoms with Crippen molar-refractivity contribution in [2.24, 2.45) is 5.92 Å². The first kappa shape index (κ1) is 23.9. The summed E-state index contributed by atoms with van der Waals surface area (Å²) in [6.07, 6.45) is 1.67. The van der Waals surface area contributed by atoms with Crippen molar-refractivity contribution in [1.82, 2.24) is 0 Å². The maximum atomic E-state index is 13.9. The predicted molar refractivity (Wildman–Crippen MR) is 125 cm³/mol. The summed E-state index contributed by atoms with van der Waals surface area (Å²) in [6.45, 7) is 4.47. The number of quaternary nitrogens is 1. The summed E-state index contributed by atoms with van der Waals surface area (Å²) in [5, 5.41) is 1.98. The lowest BCUT2D eigenvalue weighted by atomic mass is 9.83. The SMILES string of the molecule is O=C(O[C@H]1C[N+]2(Cc3ccccc3)CCC1CC2)N(Cc1cccs1)c1cccc(F)c1.[Br-]. The topological polar surface area (TPSA) is 29.5 Å². The number of hydrogen-bond acceptors (Lipinski definition) is 3. The lowest BCUT2D eigenvalue weighted by Crippen LogP contribution is -3.00. The Morgan fingerprint density at radius 1 is 1.06 bits per heavy atom. The molecule has 0 aliphatic carbocycles. The Balaban J connectivity index is 0.00000259. The van der Waals surface area contributed by atoms with Crippen molar-refractivity contribution >= 4 is 23.1 Å². The van der Waals surface area contributed by atoms with Crippen LogP contribution >= 0.6 is 11.3 Å². The Hall–Kier alpha value is -2.22. The number of halogens is 2. The zero-order valence-corrected chi connectivity index (χ0v) is 20.8. The quantitative estimate of drug-likeness (QED) is 0.458. The molecular formula is C26H28BrFN2O2S. The van der Waals surface area contributed by atoms with E-state index in [2.05, 4.69) is 24.3 Å². The van der Waals surface area contributed by atoms with Gasteiger partial charge in [-0.1, -0.05) is 42.5 Å². The third-order valence-electron chi connectivity index (χ3n) is 6.89. The monoisotopic (exact) mass is 530 g/mol. The number of fused-ring (bicyclic) bond motifs is 3. The molecule has 1 amide bonds. The first-order valence-corrected chi connectivity index (χ1v) is 12.1. The second-order valence-electron chi connectivity index (χ2n) is 9.02. The van der Waals surface area contributed by atoms with Crippen LogP contribution in [0.4, 0.5) is 14.9 Å². The molecule has 3 saturated heterocycles. The van der Waals surface area contributed by atoms with Gasteiger partial charge in [0.05, 0.1) is 25.3 Å². The first-order valence-electron chi connectivity index (χ1n) is 11.3. The summed E-state index contributed by atoms with van der Waals surface area (Å²) in [5.74, 6) is 0.0486. The molecule has 0 N–H and O–H groups in total. The molecule has 1 aromatic heterocycles. The molecule has 3 aliphatic heterocycles. The number of ether oxygens (including phenoxy) is 1. The third-order valence-corrected chi connectivity index (χ3v) is 7.75. The van der Waals surface area contributed by atoms with Crippen molar-refractivity contribution in [3.8, 4) is 0 Å². The smallest absolute Gasteiger partial charge is 0.415 e. The van der Waals surface area contributed by atoms with Gasteiger partial charge in [0.15, 0.2) is 6.10 Å². The van der Waals surface area contributed by atoms with E-state index in [4.69, 9.17) is 4.74 Å². The van der Waals surface area contributed by atoms with Crippen LogP contribution in [0.3, 0.4) is 0 Å². The van der Waals surface area contributed by atoms with Crippen LogP contribution in [0, 0.1) is 11.7 Å². The van der Waals surface area contributed by atoms with E-state index in [-0.39, 0.29) is 35.0 Å². The highest BCUT2D eigenvalue weighted by atomic mass is 79.9. The van der Waals surface area contributed by atoms with Crippen molar-refractivity contribution < 1.29 is 35.4 Å². The minimum Gasteiger partial charge on any atom is -1.00 e. The minimum absolute atomic E-state index is 0. The average molecular weight is 531 g/mol. The van der Waals surface area contributed by atoms with E-state index in [1.54, 1.807) is 28.4 Å². The lowest BCUT2D eigenvalue weighted by molar-refractivity contribution is -0.958. The second kappa shape index (κ2) is 10.4. The number of nitrogens with zero attached hydrogens (tertiary/aromatic N) is 2. The van der Waals surface area contributed by atoms with Gasteiger partial charge in [-0.2, -0.15) is 0 Å². The maximum absolute atomic E-state index is 13.9. The standard InChI is InChI=1S/C26H28FN2O2S.BrH/c27-22-8-4-9-23(16-22)28(17-24-10-5-15-32-24)26(30)31-25-19-29(13-11-21(25)12-14-29)18-20-6-2-1-3-7-20;/h1-10,15-16,21,25H,11-14,17-19H2;1H/q+1;/p-1/t21?,25-,29?;/m0./s1. The number of carbonyl (C=O) groups is 1. The maximum Gasteiger partial charge on any atom is 0.415 e. The van der Waals surface area contributed by atoms with Gasteiger partial charge in [0.2, 0.25) is 0 Å². The Bertz CT molecular complexity index is 1060. The molecule has 0 saturated carbocycles. The molecule has 6 rings (SSSR count). The number of benzene rings is 2. The molecule has 0 radical (unpaired) electrons. The fraction of sp³-hybridized carbons (Fsp3) is 0.346. The van der Waals surface area contributed by atoms with Gasteiger partial charge in [-0.25, -0.2) is 9.18 Å². The Labute approximate surface area is 209 Å². The zero-order valence-electron chi connectivity index (χ0n) is 18.4. The molecule has 7 heteroatoms. The van der Waals surface area contributed by atoms with Crippen LogP contribution in [0.1, 0.15) is 23.3 Å². The van der Waals surface area contributed by atoms with Gasteiger partial charge >= 0.3 is 6.09 Å². The van der Waals surface area contributed by atoms with Gasteiger partial charge in [0.1, 0.15) is 18.9 Å². The van der Waals surface area contributed by atoms with Gasteiger partial charge in [-0.05, 0) is 29.6 Å². The molecule has 174 valence electrons. The highest BCUT2D eigenvalue weighted by Crippen LogP contribution is 2.37. The highest BCUT2D eigenvalue weighted by Gasteiger charge is 2.48. The molecule has 2 bridgehead atoms. The van der Waals surface area contributed by atoms with E-state index >= 15 is 0 Å². The van der Waals surface area contributed by atoms with Crippen molar-refractivity contribution in [3.05, 3.63) is 88.4 Å². The molecule has 1 atom stereocenters. The van der Waals surface area contributed by atoms with E-state index in [9.17, 15) is 9.18 Å². The Morgan fingerprint density at radius 3 is 2.55 bits per heavy atom. The molecule has 3 aliphatic rings. The normalized spacial score (nSPS) is 23.5. The molecule has 0 spiro atoms. The van der Waals surface area contributed by atoms with E-state index in [1.807, 2.05) is 23.6 Å². The summed E-state index contributed by atoms with van der Waals surface area (Å²) in [7, 11) is 0. The van der Waals surface area contributed by atoms with Crippen LogP contribution < -0.4 is 21.9 Å². The fourth-order valence-electron chi connectivity index (χ4n) is 5.20. The summed E-state index contributed by atoms with van der Waals surface area (Å²) < 4.78 is 21.1. The number of piperidine rings is 3. The van der Waals surface area contributed by atoms with Crippen LogP contribution in [0.25, 0.3) is 0 Å². The van der Waals surface area contributed by atoms with Crippen LogP contribution in [-0.4, -0.2) is 36.3 Å². The van der Waals surface area contributed by atoms with Crippen molar-refractivity contribution in [3.63, 3.8) is 0 Å². The van der Waals surface area contributed by atoms with Crippen LogP contribution in [0.5, 0.6) is 0 Å². The molecule has 0 unspecified atom stereocenters. The molecule has 4 heterocycles. The van der Waals surface area contributed by atoms with Gasteiger partial charge in [0, 0.05) is 29.2 Å². The Morgan fingerprint density at radius 2 is 1.85 bits per heavy atom. The molecule has 33 heavy (non-hydrogen) atoms. The predicted octanol–water partition coefficient (Wildman–Crippen LogP) is 2.84. The molecule has 2 aromatic carbocycles. The van der Waals surface area contributed by atoms with E-state index < -0.39 is 0 Å². The number of hydrogen-bond donors (Lipinski definition) is 0. The largest absolute Gasteiger partial charge is 1.00 e. The van der Waals surface area contributed by atoms with Crippen molar-refractivity contribution in [2.75, 3.05) is 24.5 Å². The van der Waals surface area contributed by atoms with Gasteiger partial charge in [-0.3, -0.25) is 4.90 Å². The fourth-order valence-corrected chi connectivity index (χ4v) is 5.90. The van der Waals surface area contributed by atoms with Crippen LogP contribution in [0.15, 0.2) is 72.1 Å². The lowest BCUT2D eigenvalue weighted by Gasteiger charge is -2.52. The van der Waals surface area contributed by atoms with Crippen LogP contribution in [0.2, 0.25) is 0 Å². The summed E-state index contributed by atoms with van der Waals surface area (Å²) in [4.78, 5) is 16.0. The summed E-state index contributed by atoms with van der Waals surface area (Å²) in [5.41, 5.74) is 1.86. The summed E-state index contributed by atoms with van der Waals surface area (Å²) in [6, 6.07) is 20.7. The van der Waals surface area contributed by atoms with Gasteiger partial charge < -0.3 is 26.2 Å². The van der Waals surface area contributed by atoms with Crippen molar-refractivity contribution in [1.29, 1.82) is 0 Å². The minimum atomic E-state index is -0.388. The number of anilines is 1. The van der Waals surface area contributed by atoms with Crippen LogP contribution in [-0.2, 0) is 17.8 Å². The van der Waals surface area contributed by atoms with Gasteiger partial charge in [0.25, 0.3) is 0 Å². The van der Waals surface area contributed by atoms with E-state index in [0.29, 0.717) is 18.2 Å².